The van der Waals surface area contributed by atoms with Crippen LogP contribution in [-0.2, 0) is 18.0 Å². The average molecular weight is 274 g/mol. The molecule has 108 valence electrons. The van der Waals surface area contributed by atoms with Gasteiger partial charge in [-0.1, -0.05) is 6.07 Å². The zero-order valence-electron chi connectivity index (χ0n) is 12.0. The van der Waals surface area contributed by atoms with Gasteiger partial charge in [-0.2, -0.15) is 0 Å². The molecule has 3 rings (SSSR count). The highest BCUT2D eigenvalue weighted by Crippen LogP contribution is 2.23. The number of ether oxygens (including phenoxy) is 1. The van der Waals surface area contributed by atoms with Crippen molar-refractivity contribution in [3.8, 4) is 0 Å². The number of amides is 1. The minimum absolute atomic E-state index is 0.169. The fourth-order valence-electron chi connectivity index (χ4n) is 3.12. The van der Waals surface area contributed by atoms with Crippen LogP contribution < -0.4 is 5.32 Å². The summed E-state index contributed by atoms with van der Waals surface area (Å²) >= 11 is 0. The summed E-state index contributed by atoms with van der Waals surface area (Å²) in [5.74, 6) is 0.875. The summed E-state index contributed by atoms with van der Waals surface area (Å²) < 4.78 is 5.40. The third-order valence-electron chi connectivity index (χ3n) is 4.36. The topological polar surface area (TPSA) is 41.6 Å². The zero-order chi connectivity index (χ0) is 13.9. The molecule has 4 nitrogen and oxygen atoms in total. The highest BCUT2D eigenvalue weighted by molar-refractivity contribution is 5.94. The molecule has 0 spiro atoms. The third kappa shape index (κ3) is 2.72. The molecule has 0 bridgehead atoms. The van der Waals surface area contributed by atoms with Crippen LogP contribution in [0.15, 0.2) is 18.2 Å². The first-order valence-corrected chi connectivity index (χ1v) is 7.41. The Kier molecular flexibility index (Phi) is 4.03. The summed E-state index contributed by atoms with van der Waals surface area (Å²) in [6.07, 6.45) is 2.20. The first-order chi connectivity index (χ1) is 9.78. The minimum atomic E-state index is 0.169. The molecule has 2 heterocycles. The van der Waals surface area contributed by atoms with Crippen LogP contribution >= 0.6 is 0 Å². The van der Waals surface area contributed by atoms with Crippen LogP contribution in [0.3, 0.4) is 0 Å². The second-order valence-electron chi connectivity index (χ2n) is 5.77. The van der Waals surface area contributed by atoms with Crippen molar-refractivity contribution in [3.05, 3.63) is 34.9 Å². The van der Waals surface area contributed by atoms with Crippen LogP contribution in [0.1, 0.15) is 34.3 Å². The van der Waals surface area contributed by atoms with E-state index in [4.69, 9.17) is 4.74 Å². The first-order valence-electron chi connectivity index (χ1n) is 7.41. The molecule has 0 saturated carbocycles. The van der Waals surface area contributed by atoms with Crippen LogP contribution in [0.25, 0.3) is 0 Å². The Labute approximate surface area is 120 Å². The number of benzene rings is 1. The van der Waals surface area contributed by atoms with Crippen LogP contribution in [0.2, 0.25) is 0 Å². The van der Waals surface area contributed by atoms with E-state index < -0.39 is 0 Å². The number of rotatable bonds is 3. The molecule has 1 amide bonds. The summed E-state index contributed by atoms with van der Waals surface area (Å²) in [6, 6.07) is 5.98. The average Bonchev–Trinajstić information content (AvgIpc) is 2.95. The Balaban J connectivity index is 1.65. The van der Waals surface area contributed by atoms with Crippen molar-refractivity contribution in [1.82, 2.24) is 10.2 Å². The van der Waals surface area contributed by atoms with Crippen LogP contribution in [0.4, 0.5) is 0 Å². The molecule has 1 aromatic carbocycles. The molecular formula is C16H22N2O2. The zero-order valence-corrected chi connectivity index (χ0v) is 12.0. The Morgan fingerprint density at radius 2 is 2.05 bits per heavy atom. The lowest BCUT2D eigenvalue weighted by molar-refractivity contribution is 0.0691. The largest absolute Gasteiger partial charge is 0.372 e. The number of fused-ring (bicyclic) bond motifs is 1. The van der Waals surface area contributed by atoms with Gasteiger partial charge in [0.25, 0.3) is 5.91 Å². The number of carbonyl (C=O) groups is 1. The second kappa shape index (κ2) is 5.94. The molecule has 1 saturated heterocycles. The maximum absolute atomic E-state index is 12.5. The Morgan fingerprint density at radius 3 is 2.80 bits per heavy atom. The standard InChI is InChI=1S/C16H22N2O2/c1-17-9-12-4-6-18(7-5-12)16(19)13-2-3-14-10-20-11-15(14)8-13/h2-3,8,12,17H,4-7,9-11H2,1H3. The van der Waals surface area contributed by atoms with Gasteiger partial charge in [0.1, 0.15) is 0 Å². The van der Waals surface area contributed by atoms with E-state index >= 15 is 0 Å². The maximum Gasteiger partial charge on any atom is 0.253 e. The molecular weight excluding hydrogens is 252 g/mol. The molecule has 1 aromatic rings. The van der Waals surface area contributed by atoms with Crippen LogP contribution in [0, 0.1) is 5.92 Å². The summed E-state index contributed by atoms with van der Waals surface area (Å²) in [5, 5.41) is 3.22. The molecule has 1 N–H and O–H groups in total. The lowest BCUT2D eigenvalue weighted by Crippen LogP contribution is -2.40. The van der Waals surface area contributed by atoms with Gasteiger partial charge in [-0.3, -0.25) is 4.79 Å². The summed E-state index contributed by atoms with van der Waals surface area (Å²) in [7, 11) is 1.99. The van der Waals surface area contributed by atoms with E-state index in [2.05, 4.69) is 5.32 Å². The third-order valence-corrected chi connectivity index (χ3v) is 4.36. The Bertz CT molecular complexity index is 493. The SMILES string of the molecule is CNCC1CCN(C(=O)c2ccc3c(c2)COC3)CC1. The number of hydrogen-bond donors (Lipinski definition) is 1. The number of likely N-dealkylation sites (tertiary alicyclic amines) is 1. The predicted octanol–water partition coefficient (Wildman–Crippen LogP) is 1.79. The van der Waals surface area contributed by atoms with E-state index in [1.165, 1.54) is 11.1 Å². The number of piperidine rings is 1. The molecule has 0 aliphatic carbocycles. The highest BCUT2D eigenvalue weighted by Gasteiger charge is 2.24. The number of nitrogens with one attached hydrogen (secondary N) is 1. The molecule has 0 radical (unpaired) electrons. The predicted molar refractivity (Wildman–Crippen MR) is 77.5 cm³/mol. The summed E-state index contributed by atoms with van der Waals surface area (Å²) in [6.45, 7) is 4.12. The molecule has 1 fully saturated rings. The smallest absolute Gasteiger partial charge is 0.253 e. The number of nitrogens with zero attached hydrogens (tertiary/aromatic N) is 1. The van der Waals surface area contributed by atoms with E-state index in [0.29, 0.717) is 19.1 Å². The van der Waals surface area contributed by atoms with Crippen LogP contribution in [0.5, 0.6) is 0 Å². The van der Waals surface area contributed by atoms with Crippen molar-refractivity contribution in [2.45, 2.75) is 26.1 Å². The molecule has 20 heavy (non-hydrogen) atoms. The fraction of sp³-hybridized carbons (Fsp3) is 0.562. The van der Waals surface area contributed by atoms with Crippen molar-refractivity contribution in [2.75, 3.05) is 26.7 Å². The van der Waals surface area contributed by atoms with E-state index in [1.807, 2.05) is 30.1 Å². The number of hydrogen-bond acceptors (Lipinski definition) is 3. The van der Waals surface area contributed by atoms with Crippen molar-refractivity contribution in [2.24, 2.45) is 5.92 Å². The normalized spacial score (nSPS) is 19.1. The van der Waals surface area contributed by atoms with Crippen molar-refractivity contribution in [3.63, 3.8) is 0 Å². The lowest BCUT2D eigenvalue weighted by Gasteiger charge is -2.32. The van der Waals surface area contributed by atoms with Crippen molar-refractivity contribution in [1.29, 1.82) is 0 Å². The fourth-order valence-corrected chi connectivity index (χ4v) is 3.12. The van der Waals surface area contributed by atoms with Gasteiger partial charge in [0.05, 0.1) is 13.2 Å². The quantitative estimate of drug-likeness (QED) is 0.913. The van der Waals surface area contributed by atoms with E-state index in [-0.39, 0.29) is 5.91 Å². The van der Waals surface area contributed by atoms with Gasteiger partial charge >= 0.3 is 0 Å². The minimum Gasteiger partial charge on any atom is -0.372 e. The highest BCUT2D eigenvalue weighted by atomic mass is 16.5. The Hall–Kier alpha value is -1.39. The maximum atomic E-state index is 12.5. The van der Waals surface area contributed by atoms with Gasteiger partial charge in [0, 0.05) is 18.7 Å². The van der Waals surface area contributed by atoms with E-state index in [9.17, 15) is 4.79 Å². The number of carbonyl (C=O) groups excluding carboxylic acids is 1. The Morgan fingerprint density at radius 1 is 1.30 bits per heavy atom. The van der Waals surface area contributed by atoms with Gasteiger partial charge in [0.2, 0.25) is 0 Å². The van der Waals surface area contributed by atoms with Crippen LogP contribution in [-0.4, -0.2) is 37.5 Å². The van der Waals surface area contributed by atoms with Gasteiger partial charge in [0.15, 0.2) is 0 Å². The molecule has 2 aliphatic heterocycles. The molecule has 2 aliphatic rings. The van der Waals surface area contributed by atoms with E-state index in [1.54, 1.807) is 0 Å². The van der Waals surface area contributed by atoms with Crippen molar-refractivity contribution < 1.29 is 9.53 Å². The van der Waals surface area contributed by atoms with Gasteiger partial charge in [-0.15, -0.1) is 0 Å². The van der Waals surface area contributed by atoms with Gasteiger partial charge in [-0.05, 0) is 55.6 Å². The monoisotopic (exact) mass is 274 g/mol. The molecule has 0 atom stereocenters. The summed E-state index contributed by atoms with van der Waals surface area (Å²) in [4.78, 5) is 14.5. The molecule has 0 aromatic heterocycles. The van der Waals surface area contributed by atoms with Gasteiger partial charge < -0.3 is 15.0 Å². The van der Waals surface area contributed by atoms with Gasteiger partial charge in [-0.25, -0.2) is 0 Å². The van der Waals surface area contributed by atoms with Crippen molar-refractivity contribution >= 4 is 5.91 Å². The molecule has 0 unspecified atom stereocenters. The summed E-state index contributed by atoms with van der Waals surface area (Å²) in [5.41, 5.74) is 3.19. The first kappa shape index (κ1) is 13.6. The lowest BCUT2D eigenvalue weighted by atomic mass is 9.96. The second-order valence-corrected chi connectivity index (χ2v) is 5.77. The van der Waals surface area contributed by atoms with E-state index in [0.717, 1.165) is 38.0 Å². The molecule has 4 heteroatoms.